The Kier molecular flexibility index (Phi) is 5.22. The average molecular weight is 265 g/mol. The van der Waals surface area contributed by atoms with Crippen molar-refractivity contribution in [1.82, 2.24) is 5.32 Å². The fraction of sp³-hybridized carbons (Fsp3) is 0.667. The Labute approximate surface area is 104 Å². The topological polar surface area (TPSA) is 34.4 Å². The molecule has 0 aromatic carbocycles. The largest absolute Gasteiger partial charge is 0.466 e. The fourth-order valence-corrected chi connectivity index (χ4v) is 1.73. The fourth-order valence-electron chi connectivity index (χ4n) is 1.73. The summed E-state index contributed by atoms with van der Waals surface area (Å²) < 4.78 is 45.3. The highest BCUT2D eigenvalue weighted by Gasteiger charge is 2.27. The van der Waals surface area contributed by atoms with E-state index in [2.05, 4.69) is 10.1 Å². The third kappa shape index (κ3) is 5.10. The summed E-state index contributed by atoms with van der Waals surface area (Å²) in [4.78, 5) is 0. The van der Waals surface area contributed by atoms with Crippen LogP contribution in [0.4, 0.5) is 13.2 Å². The van der Waals surface area contributed by atoms with Gasteiger partial charge in [0.15, 0.2) is 0 Å². The SMILES string of the molecule is Cc1cc(C(C)NCCOCC(F)(F)F)c(C)o1. The van der Waals surface area contributed by atoms with Crippen LogP contribution < -0.4 is 5.32 Å². The van der Waals surface area contributed by atoms with Crippen molar-refractivity contribution in [3.8, 4) is 0 Å². The molecule has 0 aliphatic rings. The zero-order chi connectivity index (χ0) is 13.8. The second-order valence-electron chi connectivity index (χ2n) is 4.21. The molecule has 1 aromatic rings. The molecule has 1 aromatic heterocycles. The van der Waals surface area contributed by atoms with Crippen LogP contribution in [0.15, 0.2) is 10.5 Å². The van der Waals surface area contributed by atoms with Gasteiger partial charge in [-0.3, -0.25) is 0 Å². The monoisotopic (exact) mass is 265 g/mol. The smallest absolute Gasteiger partial charge is 0.411 e. The minimum Gasteiger partial charge on any atom is -0.466 e. The van der Waals surface area contributed by atoms with Crippen molar-refractivity contribution in [2.75, 3.05) is 19.8 Å². The van der Waals surface area contributed by atoms with Gasteiger partial charge in [0.2, 0.25) is 0 Å². The van der Waals surface area contributed by atoms with E-state index in [0.717, 1.165) is 17.1 Å². The molecule has 0 fully saturated rings. The lowest BCUT2D eigenvalue weighted by molar-refractivity contribution is -0.173. The van der Waals surface area contributed by atoms with E-state index in [9.17, 15) is 13.2 Å². The molecule has 6 heteroatoms. The van der Waals surface area contributed by atoms with E-state index >= 15 is 0 Å². The molecule has 1 atom stereocenters. The van der Waals surface area contributed by atoms with E-state index in [1.54, 1.807) is 0 Å². The highest BCUT2D eigenvalue weighted by molar-refractivity contribution is 5.23. The predicted octanol–water partition coefficient (Wildman–Crippen LogP) is 3.13. The second-order valence-corrected chi connectivity index (χ2v) is 4.21. The number of alkyl halides is 3. The van der Waals surface area contributed by atoms with Gasteiger partial charge in [-0.2, -0.15) is 13.2 Å². The number of nitrogens with one attached hydrogen (secondary N) is 1. The van der Waals surface area contributed by atoms with Crippen LogP contribution in [-0.4, -0.2) is 25.9 Å². The molecule has 1 unspecified atom stereocenters. The van der Waals surface area contributed by atoms with E-state index < -0.39 is 12.8 Å². The molecule has 0 aliphatic heterocycles. The molecule has 0 bridgehead atoms. The van der Waals surface area contributed by atoms with Crippen LogP contribution in [0.25, 0.3) is 0 Å². The molecule has 1 rings (SSSR count). The summed E-state index contributed by atoms with van der Waals surface area (Å²) in [5.41, 5.74) is 1.02. The van der Waals surface area contributed by atoms with Crippen molar-refractivity contribution < 1.29 is 22.3 Å². The maximum Gasteiger partial charge on any atom is 0.411 e. The van der Waals surface area contributed by atoms with Gasteiger partial charge >= 0.3 is 6.18 Å². The van der Waals surface area contributed by atoms with Gasteiger partial charge in [0.25, 0.3) is 0 Å². The Morgan fingerprint density at radius 1 is 1.39 bits per heavy atom. The van der Waals surface area contributed by atoms with Gasteiger partial charge in [-0.25, -0.2) is 0 Å². The number of furan rings is 1. The van der Waals surface area contributed by atoms with Gasteiger partial charge in [-0.15, -0.1) is 0 Å². The van der Waals surface area contributed by atoms with Crippen molar-refractivity contribution in [3.05, 3.63) is 23.2 Å². The lowest BCUT2D eigenvalue weighted by Gasteiger charge is -2.13. The summed E-state index contributed by atoms with van der Waals surface area (Å²) in [6.07, 6.45) is -4.26. The molecule has 0 radical (unpaired) electrons. The quantitative estimate of drug-likeness (QED) is 0.802. The highest BCUT2D eigenvalue weighted by atomic mass is 19.4. The Morgan fingerprint density at radius 3 is 2.56 bits per heavy atom. The van der Waals surface area contributed by atoms with Gasteiger partial charge in [0.1, 0.15) is 18.1 Å². The summed E-state index contributed by atoms with van der Waals surface area (Å²) in [6.45, 7) is 4.84. The molecular formula is C12H18F3NO2. The van der Waals surface area contributed by atoms with Crippen LogP contribution in [0.5, 0.6) is 0 Å². The molecule has 0 aliphatic carbocycles. The minimum absolute atomic E-state index is 0.0249. The van der Waals surface area contributed by atoms with E-state index in [1.807, 2.05) is 26.8 Å². The van der Waals surface area contributed by atoms with E-state index in [4.69, 9.17) is 4.42 Å². The second kappa shape index (κ2) is 6.24. The van der Waals surface area contributed by atoms with Crippen LogP contribution in [-0.2, 0) is 4.74 Å². The molecule has 0 amide bonds. The summed E-state index contributed by atoms with van der Waals surface area (Å²) in [5.74, 6) is 1.65. The summed E-state index contributed by atoms with van der Waals surface area (Å²) in [7, 11) is 0. The van der Waals surface area contributed by atoms with Gasteiger partial charge in [-0.1, -0.05) is 0 Å². The minimum atomic E-state index is -4.26. The van der Waals surface area contributed by atoms with E-state index in [1.165, 1.54) is 0 Å². The van der Waals surface area contributed by atoms with Crippen LogP contribution in [0, 0.1) is 13.8 Å². The first-order valence-electron chi connectivity index (χ1n) is 5.74. The predicted molar refractivity (Wildman–Crippen MR) is 61.5 cm³/mol. The number of halogens is 3. The Bertz CT molecular complexity index is 374. The van der Waals surface area contributed by atoms with Gasteiger partial charge < -0.3 is 14.5 Å². The number of aryl methyl sites for hydroxylation is 2. The first kappa shape index (κ1) is 15.0. The molecule has 0 spiro atoms. The van der Waals surface area contributed by atoms with Gasteiger partial charge in [0, 0.05) is 18.2 Å². The van der Waals surface area contributed by atoms with Crippen molar-refractivity contribution in [2.24, 2.45) is 0 Å². The third-order valence-corrected chi connectivity index (χ3v) is 2.51. The molecular weight excluding hydrogens is 247 g/mol. The molecule has 1 N–H and O–H groups in total. The van der Waals surface area contributed by atoms with E-state index in [0.29, 0.717) is 6.54 Å². The number of hydrogen-bond donors (Lipinski definition) is 1. The Morgan fingerprint density at radius 2 is 2.06 bits per heavy atom. The van der Waals surface area contributed by atoms with Crippen molar-refractivity contribution in [1.29, 1.82) is 0 Å². The van der Waals surface area contributed by atoms with Crippen molar-refractivity contribution in [2.45, 2.75) is 33.0 Å². The lowest BCUT2D eigenvalue weighted by atomic mass is 10.1. The average Bonchev–Trinajstić information content (AvgIpc) is 2.55. The van der Waals surface area contributed by atoms with Crippen LogP contribution in [0.2, 0.25) is 0 Å². The van der Waals surface area contributed by atoms with E-state index in [-0.39, 0.29) is 12.6 Å². The molecule has 18 heavy (non-hydrogen) atoms. The first-order valence-corrected chi connectivity index (χ1v) is 5.74. The van der Waals surface area contributed by atoms with Crippen LogP contribution >= 0.6 is 0 Å². The Balaban J connectivity index is 2.26. The van der Waals surface area contributed by atoms with Crippen molar-refractivity contribution >= 4 is 0 Å². The van der Waals surface area contributed by atoms with Gasteiger partial charge in [-0.05, 0) is 26.8 Å². The zero-order valence-electron chi connectivity index (χ0n) is 10.7. The zero-order valence-corrected chi connectivity index (χ0v) is 10.7. The molecule has 0 saturated carbocycles. The van der Waals surface area contributed by atoms with Crippen molar-refractivity contribution in [3.63, 3.8) is 0 Å². The van der Waals surface area contributed by atoms with Crippen LogP contribution in [0.3, 0.4) is 0 Å². The standard InChI is InChI=1S/C12H18F3NO2/c1-8-6-11(10(3)18-8)9(2)16-4-5-17-7-12(13,14)15/h6,9,16H,4-5,7H2,1-3H3. The highest BCUT2D eigenvalue weighted by Crippen LogP contribution is 2.20. The summed E-state index contributed by atoms with van der Waals surface area (Å²) in [5, 5.41) is 3.09. The third-order valence-electron chi connectivity index (χ3n) is 2.51. The first-order chi connectivity index (χ1) is 8.29. The number of ether oxygens (including phenoxy) is 1. The Hall–Kier alpha value is -1.01. The maximum atomic E-state index is 11.8. The van der Waals surface area contributed by atoms with Crippen LogP contribution in [0.1, 0.15) is 30.0 Å². The normalized spacial score (nSPS) is 13.9. The number of hydrogen-bond acceptors (Lipinski definition) is 3. The molecule has 104 valence electrons. The molecule has 3 nitrogen and oxygen atoms in total. The lowest BCUT2D eigenvalue weighted by Crippen LogP contribution is -2.26. The summed E-state index contributed by atoms with van der Waals surface area (Å²) in [6, 6.07) is 1.95. The van der Waals surface area contributed by atoms with Gasteiger partial charge in [0.05, 0.1) is 6.61 Å². The molecule has 0 saturated heterocycles. The maximum absolute atomic E-state index is 11.8. The molecule has 1 heterocycles. The summed E-state index contributed by atoms with van der Waals surface area (Å²) >= 11 is 0. The number of rotatable bonds is 6.